The van der Waals surface area contributed by atoms with Gasteiger partial charge in [0.05, 0.1) is 6.33 Å². The van der Waals surface area contributed by atoms with Crippen molar-refractivity contribution in [2.75, 3.05) is 11.9 Å². The van der Waals surface area contributed by atoms with E-state index in [1.807, 2.05) is 60.7 Å². The third-order valence-electron chi connectivity index (χ3n) is 4.65. The van der Waals surface area contributed by atoms with E-state index in [2.05, 4.69) is 15.0 Å². The van der Waals surface area contributed by atoms with Gasteiger partial charge in [-0.25, -0.2) is 15.0 Å². The molecule has 0 bridgehead atoms. The maximum Gasteiger partial charge on any atom is 0.246 e. The Hall–Kier alpha value is -3.87. The quantitative estimate of drug-likeness (QED) is 0.492. The number of likely N-dealkylation sites (N-methyl/N-ethyl adjacent to an activating group) is 1. The summed E-state index contributed by atoms with van der Waals surface area (Å²) in [4.78, 5) is 39.8. The molecule has 4 rings (SSSR count). The Kier molecular flexibility index (Phi) is 4.87. The Bertz CT molecular complexity index is 1190. The molecule has 0 spiro atoms. The standard InChI is InChI=1S/C22H19N5O2/c1-15(28)19-20-22(25-21(24-19)16-9-5-3-6-10-16)27(14-23-20)13-18(29)26(2)17-11-7-4-8-12-17/h3-12,14H,13H2,1-2H3. The van der Waals surface area contributed by atoms with Crippen molar-refractivity contribution in [2.24, 2.45) is 0 Å². The molecule has 0 aliphatic heterocycles. The predicted octanol–water partition coefficient (Wildman–Crippen LogP) is 3.36. The molecule has 4 aromatic rings. The van der Waals surface area contributed by atoms with Crippen molar-refractivity contribution in [3.63, 3.8) is 0 Å². The third kappa shape index (κ3) is 3.62. The summed E-state index contributed by atoms with van der Waals surface area (Å²) in [6.07, 6.45) is 1.53. The van der Waals surface area contributed by atoms with E-state index in [-0.39, 0.29) is 23.9 Å². The number of fused-ring (bicyclic) bond motifs is 1. The van der Waals surface area contributed by atoms with Gasteiger partial charge in [0.1, 0.15) is 17.8 Å². The second kappa shape index (κ2) is 7.63. The smallest absolute Gasteiger partial charge is 0.246 e. The molecule has 7 heteroatoms. The molecule has 1 amide bonds. The second-order valence-corrected chi connectivity index (χ2v) is 6.65. The number of nitrogens with zero attached hydrogens (tertiary/aromatic N) is 5. The summed E-state index contributed by atoms with van der Waals surface area (Å²) in [5.74, 6) is 0.0984. The van der Waals surface area contributed by atoms with Crippen LogP contribution in [0.2, 0.25) is 0 Å². The highest BCUT2D eigenvalue weighted by Crippen LogP contribution is 2.22. The van der Waals surface area contributed by atoms with Crippen molar-refractivity contribution < 1.29 is 9.59 Å². The zero-order valence-electron chi connectivity index (χ0n) is 16.1. The molecule has 29 heavy (non-hydrogen) atoms. The van der Waals surface area contributed by atoms with Crippen molar-refractivity contribution in [3.8, 4) is 11.4 Å². The summed E-state index contributed by atoms with van der Waals surface area (Å²) in [5.41, 5.74) is 2.69. The Morgan fingerprint density at radius 1 is 0.966 bits per heavy atom. The van der Waals surface area contributed by atoms with Gasteiger partial charge in [0.25, 0.3) is 0 Å². The highest BCUT2D eigenvalue weighted by atomic mass is 16.2. The Labute approximate surface area is 167 Å². The van der Waals surface area contributed by atoms with E-state index in [0.717, 1.165) is 11.3 Å². The summed E-state index contributed by atoms with van der Waals surface area (Å²) in [6, 6.07) is 18.8. The Morgan fingerprint density at radius 2 is 1.62 bits per heavy atom. The van der Waals surface area contributed by atoms with Gasteiger partial charge in [0, 0.05) is 25.2 Å². The maximum atomic E-state index is 12.8. The minimum Gasteiger partial charge on any atom is -0.314 e. The highest BCUT2D eigenvalue weighted by molar-refractivity contribution is 6.03. The van der Waals surface area contributed by atoms with E-state index >= 15 is 0 Å². The lowest BCUT2D eigenvalue weighted by atomic mass is 10.2. The van der Waals surface area contributed by atoms with Crippen LogP contribution >= 0.6 is 0 Å². The van der Waals surface area contributed by atoms with Gasteiger partial charge in [0.15, 0.2) is 17.3 Å². The zero-order chi connectivity index (χ0) is 20.4. The molecular weight excluding hydrogens is 366 g/mol. The topological polar surface area (TPSA) is 81.0 Å². The van der Waals surface area contributed by atoms with Crippen LogP contribution in [0.3, 0.4) is 0 Å². The van der Waals surface area contributed by atoms with Gasteiger partial charge in [0.2, 0.25) is 5.91 Å². The lowest BCUT2D eigenvalue weighted by molar-refractivity contribution is -0.118. The molecule has 0 unspecified atom stereocenters. The number of rotatable bonds is 5. The first-order chi connectivity index (χ1) is 14.0. The van der Waals surface area contributed by atoms with Crippen LogP contribution < -0.4 is 4.90 Å². The summed E-state index contributed by atoms with van der Waals surface area (Å²) in [5, 5.41) is 0. The molecule has 0 aliphatic carbocycles. The Balaban J connectivity index is 1.75. The molecule has 2 aromatic carbocycles. The van der Waals surface area contributed by atoms with Gasteiger partial charge in [-0.2, -0.15) is 0 Å². The van der Waals surface area contributed by atoms with Crippen molar-refractivity contribution in [2.45, 2.75) is 13.5 Å². The summed E-state index contributed by atoms with van der Waals surface area (Å²) >= 11 is 0. The molecule has 144 valence electrons. The molecule has 2 aromatic heterocycles. The summed E-state index contributed by atoms with van der Waals surface area (Å²) in [7, 11) is 1.72. The number of hydrogen-bond acceptors (Lipinski definition) is 5. The zero-order valence-corrected chi connectivity index (χ0v) is 16.1. The molecule has 2 heterocycles. The van der Waals surface area contributed by atoms with Crippen molar-refractivity contribution in [1.29, 1.82) is 0 Å². The first kappa shape index (κ1) is 18.5. The number of para-hydroxylation sites is 1. The van der Waals surface area contributed by atoms with Gasteiger partial charge in [-0.1, -0.05) is 48.5 Å². The van der Waals surface area contributed by atoms with Crippen molar-refractivity contribution >= 4 is 28.5 Å². The number of anilines is 1. The van der Waals surface area contributed by atoms with Gasteiger partial charge in [-0.15, -0.1) is 0 Å². The molecular formula is C22H19N5O2. The Morgan fingerprint density at radius 3 is 2.28 bits per heavy atom. The molecule has 0 saturated carbocycles. The number of imidazole rings is 1. The van der Waals surface area contributed by atoms with Crippen molar-refractivity contribution in [3.05, 3.63) is 72.7 Å². The van der Waals surface area contributed by atoms with Gasteiger partial charge in [-0.05, 0) is 12.1 Å². The number of carbonyl (C=O) groups is 2. The minimum absolute atomic E-state index is 0.0461. The van der Waals surface area contributed by atoms with Gasteiger partial charge in [-0.3, -0.25) is 9.59 Å². The first-order valence-electron chi connectivity index (χ1n) is 9.15. The van der Waals surface area contributed by atoms with Crippen LogP contribution in [0.1, 0.15) is 17.4 Å². The number of carbonyl (C=O) groups excluding carboxylic acids is 2. The fourth-order valence-electron chi connectivity index (χ4n) is 3.07. The highest BCUT2D eigenvalue weighted by Gasteiger charge is 2.19. The van der Waals surface area contributed by atoms with E-state index in [1.54, 1.807) is 16.5 Å². The summed E-state index contributed by atoms with van der Waals surface area (Å²) < 4.78 is 1.65. The molecule has 0 fully saturated rings. The van der Waals surface area contributed by atoms with E-state index in [4.69, 9.17) is 0 Å². The van der Waals surface area contributed by atoms with Crippen LogP contribution in [0.25, 0.3) is 22.6 Å². The van der Waals surface area contributed by atoms with Crippen LogP contribution in [0, 0.1) is 0 Å². The molecule has 0 aliphatic rings. The number of benzene rings is 2. The fourth-order valence-corrected chi connectivity index (χ4v) is 3.07. The van der Waals surface area contributed by atoms with Gasteiger partial charge < -0.3 is 9.47 Å². The predicted molar refractivity (Wildman–Crippen MR) is 111 cm³/mol. The number of hydrogen-bond donors (Lipinski definition) is 0. The largest absolute Gasteiger partial charge is 0.314 e. The number of aromatic nitrogens is 4. The van der Waals surface area contributed by atoms with Gasteiger partial charge >= 0.3 is 0 Å². The molecule has 0 N–H and O–H groups in total. The monoisotopic (exact) mass is 385 g/mol. The molecule has 0 radical (unpaired) electrons. The van der Waals surface area contributed by atoms with Crippen LogP contribution in [-0.4, -0.2) is 38.3 Å². The van der Waals surface area contributed by atoms with E-state index in [9.17, 15) is 9.59 Å². The fraction of sp³-hybridized carbons (Fsp3) is 0.136. The first-order valence-corrected chi connectivity index (χ1v) is 9.15. The molecule has 0 saturated heterocycles. The van der Waals surface area contributed by atoms with Crippen LogP contribution in [0.5, 0.6) is 0 Å². The van der Waals surface area contributed by atoms with Crippen LogP contribution in [-0.2, 0) is 11.3 Å². The number of Topliss-reactive ketones (excluding diaryl/α,β-unsaturated/α-hetero) is 1. The lowest BCUT2D eigenvalue weighted by Gasteiger charge is -2.17. The second-order valence-electron chi connectivity index (χ2n) is 6.65. The summed E-state index contributed by atoms with van der Waals surface area (Å²) in [6.45, 7) is 1.49. The number of amides is 1. The molecule has 7 nitrogen and oxygen atoms in total. The van der Waals surface area contributed by atoms with E-state index in [1.165, 1.54) is 13.3 Å². The average Bonchev–Trinajstić information content (AvgIpc) is 3.16. The maximum absolute atomic E-state index is 12.8. The van der Waals surface area contributed by atoms with Crippen LogP contribution in [0.4, 0.5) is 5.69 Å². The van der Waals surface area contributed by atoms with E-state index in [0.29, 0.717) is 17.0 Å². The number of ketones is 1. The average molecular weight is 385 g/mol. The minimum atomic E-state index is -0.201. The van der Waals surface area contributed by atoms with E-state index < -0.39 is 0 Å². The van der Waals surface area contributed by atoms with Crippen molar-refractivity contribution in [1.82, 2.24) is 19.5 Å². The third-order valence-corrected chi connectivity index (χ3v) is 4.65. The normalized spacial score (nSPS) is 10.8. The lowest BCUT2D eigenvalue weighted by Crippen LogP contribution is -2.29. The molecule has 0 atom stereocenters. The van der Waals surface area contributed by atoms with Crippen LogP contribution in [0.15, 0.2) is 67.0 Å². The SMILES string of the molecule is CC(=O)c1nc(-c2ccccc2)nc2c1ncn2CC(=O)N(C)c1ccccc1.